The molecule has 0 radical (unpaired) electrons. The second-order valence-corrected chi connectivity index (χ2v) is 7.34. The fourth-order valence-corrected chi connectivity index (χ4v) is 4.07. The summed E-state index contributed by atoms with van der Waals surface area (Å²) in [6.45, 7) is 0.901. The molecule has 4 aromatic rings. The fraction of sp³-hybridized carbons (Fsp3) is 0.227. The molecule has 5 rings (SSSR count). The molecule has 1 aliphatic rings. The van der Waals surface area contributed by atoms with Gasteiger partial charge in [-0.1, -0.05) is 18.2 Å². The molecule has 1 aromatic carbocycles. The number of para-hydroxylation sites is 1. The number of carbonyl (C=O) groups is 1. The van der Waals surface area contributed by atoms with Crippen molar-refractivity contribution in [3.8, 4) is 0 Å². The van der Waals surface area contributed by atoms with E-state index < -0.39 is 6.10 Å². The van der Waals surface area contributed by atoms with Gasteiger partial charge >= 0.3 is 0 Å². The van der Waals surface area contributed by atoms with Crippen LogP contribution in [0.5, 0.6) is 0 Å². The van der Waals surface area contributed by atoms with Crippen molar-refractivity contribution in [1.29, 1.82) is 0 Å². The van der Waals surface area contributed by atoms with Crippen molar-refractivity contribution in [2.24, 2.45) is 5.92 Å². The van der Waals surface area contributed by atoms with Crippen molar-refractivity contribution >= 4 is 22.3 Å². The molecule has 0 bridgehead atoms. The predicted molar refractivity (Wildman–Crippen MR) is 106 cm³/mol. The van der Waals surface area contributed by atoms with Gasteiger partial charge in [0.2, 0.25) is 0 Å². The lowest BCUT2D eigenvalue weighted by Crippen LogP contribution is -2.29. The van der Waals surface area contributed by atoms with E-state index in [9.17, 15) is 9.90 Å². The van der Waals surface area contributed by atoms with E-state index in [-0.39, 0.29) is 11.8 Å². The van der Waals surface area contributed by atoms with Crippen molar-refractivity contribution < 1.29 is 9.90 Å². The van der Waals surface area contributed by atoms with Crippen LogP contribution in [0.15, 0.2) is 67.1 Å². The summed E-state index contributed by atoms with van der Waals surface area (Å²) in [5.41, 5.74) is 3.61. The number of aliphatic hydroxyl groups excluding tert-OH is 1. The fourth-order valence-electron chi connectivity index (χ4n) is 4.07. The van der Waals surface area contributed by atoms with Crippen molar-refractivity contribution in [3.05, 3.63) is 78.2 Å². The molecule has 1 saturated heterocycles. The van der Waals surface area contributed by atoms with Gasteiger partial charge in [0.15, 0.2) is 0 Å². The highest BCUT2D eigenvalue weighted by molar-refractivity contribution is 5.95. The third kappa shape index (κ3) is 2.92. The van der Waals surface area contributed by atoms with Gasteiger partial charge in [-0.05, 0) is 42.3 Å². The van der Waals surface area contributed by atoms with Crippen LogP contribution in [0.4, 0.5) is 0 Å². The molecule has 28 heavy (non-hydrogen) atoms. The van der Waals surface area contributed by atoms with E-state index in [1.807, 2.05) is 42.6 Å². The topological polar surface area (TPSA) is 70.7 Å². The number of benzene rings is 1. The minimum atomic E-state index is -0.533. The second kappa shape index (κ2) is 6.73. The molecule has 6 nitrogen and oxygen atoms in total. The van der Waals surface area contributed by atoms with Gasteiger partial charge in [-0.2, -0.15) is 5.10 Å². The molecule has 0 aliphatic carbocycles. The Morgan fingerprint density at radius 1 is 1.11 bits per heavy atom. The number of likely N-dealkylation sites (tertiary alicyclic amines) is 1. The van der Waals surface area contributed by atoms with Crippen LogP contribution in [0.1, 0.15) is 15.9 Å². The Morgan fingerprint density at radius 2 is 2.00 bits per heavy atom. The SMILES string of the molecule is O=C(c1ccn2nccc2c1)N1C[C@@H](Cc2ccnc3ccccc23)[C@@H](O)C1. The van der Waals surface area contributed by atoms with Crippen LogP contribution in [0.25, 0.3) is 16.4 Å². The van der Waals surface area contributed by atoms with Gasteiger partial charge in [0, 0.05) is 48.5 Å². The van der Waals surface area contributed by atoms with Crippen molar-refractivity contribution in [2.75, 3.05) is 13.1 Å². The molecule has 140 valence electrons. The van der Waals surface area contributed by atoms with Gasteiger partial charge in [-0.25, -0.2) is 4.52 Å². The number of carbonyl (C=O) groups excluding carboxylic acids is 1. The molecule has 3 aromatic heterocycles. The van der Waals surface area contributed by atoms with Crippen LogP contribution in [0, 0.1) is 5.92 Å². The largest absolute Gasteiger partial charge is 0.391 e. The molecular formula is C22H20N4O2. The first-order valence-electron chi connectivity index (χ1n) is 9.42. The summed E-state index contributed by atoms with van der Waals surface area (Å²) < 4.78 is 1.73. The number of fused-ring (bicyclic) bond motifs is 2. The van der Waals surface area contributed by atoms with E-state index >= 15 is 0 Å². The summed E-state index contributed by atoms with van der Waals surface area (Å²) in [5, 5.41) is 15.9. The second-order valence-electron chi connectivity index (χ2n) is 7.34. The van der Waals surface area contributed by atoms with E-state index in [2.05, 4.69) is 16.1 Å². The lowest BCUT2D eigenvalue weighted by Gasteiger charge is -2.17. The minimum Gasteiger partial charge on any atom is -0.391 e. The lowest BCUT2D eigenvalue weighted by atomic mass is 9.94. The average molecular weight is 372 g/mol. The summed E-state index contributed by atoms with van der Waals surface area (Å²) >= 11 is 0. The highest BCUT2D eigenvalue weighted by Crippen LogP contribution is 2.26. The molecule has 1 amide bonds. The van der Waals surface area contributed by atoms with Crippen molar-refractivity contribution in [3.63, 3.8) is 0 Å². The number of β-amino-alcohol motifs (C(OH)–C–C–N with tert-alkyl or cyclic N) is 1. The first kappa shape index (κ1) is 16.9. The van der Waals surface area contributed by atoms with Crippen LogP contribution in [-0.2, 0) is 6.42 Å². The number of pyridine rings is 2. The molecule has 1 fully saturated rings. The molecule has 2 atom stereocenters. The Bertz CT molecular complexity index is 1160. The maximum atomic E-state index is 12.9. The van der Waals surface area contributed by atoms with E-state index in [0.717, 1.165) is 28.4 Å². The first-order valence-corrected chi connectivity index (χ1v) is 9.42. The van der Waals surface area contributed by atoms with Crippen molar-refractivity contribution in [2.45, 2.75) is 12.5 Å². The zero-order valence-electron chi connectivity index (χ0n) is 15.3. The summed E-state index contributed by atoms with van der Waals surface area (Å²) in [6, 6.07) is 15.5. The summed E-state index contributed by atoms with van der Waals surface area (Å²) in [6.07, 6.45) is 5.49. The maximum absolute atomic E-state index is 12.9. The molecule has 1 aliphatic heterocycles. The van der Waals surface area contributed by atoms with Gasteiger partial charge < -0.3 is 10.0 Å². The zero-order chi connectivity index (χ0) is 19.1. The van der Waals surface area contributed by atoms with Gasteiger partial charge in [-0.15, -0.1) is 0 Å². The highest BCUT2D eigenvalue weighted by atomic mass is 16.3. The molecule has 1 N–H and O–H groups in total. The van der Waals surface area contributed by atoms with Crippen LogP contribution < -0.4 is 0 Å². The lowest BCUT2D eigenvalue weighted by molar-refractivity contribution is 0.0764. The van der Waals surface area contributed by atoms with Gasteiger partial charge in [0.1, 0.15) is 0 Å². The molecule has 0 unspecified atom stereocenters. The first-order chi connectivity index (χ1) is 13.7. The zero-order valence-corrected chi connectivity index (χ0v) is 15.3. The molecule has 0 spiro atoms. The smallest absolute Gasteiger partial charge is 0.254 e. The molecule has 4 heterocycles. The third-order valence-electron chi connectivity index (χ3n) is 5.56. The van der Waals surface area contributed by atoms with E-state index in [4.69, 9.17) is 0 Å². The minimum absolute atomic E-state index is 0.00783. The van der Waals surface area contributed by atoms with Crippen LogP contribution >= 0.6 is 0 Å². The Labute approximate surface area is 162 Å². The maximum Gasteiger partial charge on any atom is 0.254 e. The quantitative estimate of drug-likeness (QED) is 0.600. The van der Waals surface area contributed by atoms with Crippen LogP contribution in [-0.4, -0.2) is 49.7 Å². The Kier molecular flexibility index (Phi) is 4.06. The van der Waals surface area contributed by atoms with E-state index in [1.165, 1.54) is 0 Å². The number of hydrogen-bond acceptors (Lipinski definition) is 4. The summed E-state index contributed by atoms with van der Waals surface area (Å²) in [4.78, 5) is 19.1. The summed E-state index contributed by atoms with van der Waals surface area (Å²) in [5.74, 6) is -0.0432. The third-order valence-corrected chi connectivity index (χ3v) is 5.56. The van der Waals surface area contributed by atoms with Crippen LogP contribution in [0.3, 0.4) is 0 Å². The summed E-state index contributed by atoms with van der Waals surface area (Å²) in [7, 11) is 0. The Morgan fingerprint density at radius 3 is 2.93 bits per heavy atom. The van der Waals surface area contributed by atoms with Gasteiger partial charge in [0.05, 0.1) is 17.1 Å². The number of nitrogens with zero attached hydrogens (tertiary/aromatic N) is 4. The van der Waals surface area contributed by atoms with Crippen LogP contribution in [0.2, 0.25) is 0 Å². The van der Waals surface area contributed by atoms with E-state index in [1.54, 1.807) is 27.9 Å². The highest BCUT2D eigenvalue weighted by Gasteiger charge is 2.34. The monoisotopic (exact) mass is 372 g/mol. The Balaban J connectivity index is 1.36. The number of amides is 1. The van der Waals surface area contributed by atoms with Crippen molar-refractivity contribution in [1.82, 2.24) is 19.5 Å². The number of hydrogen-bond donors (Lipinski definition) is 1. The normalized spacial score (nSPS) is 19.5. The number of aliphatic hydroxyl groups is 1. The average Bonchev–Trinajstić information content (AvgIpc) is 3.34. The van der Waals surface area contributed by atoms with Gasteiger partial charge in [0.25, 0.3) is 5.91 Å². The molecule has 6 heteroatoms. The number of rotatable bonds is 3. The van der Waals surface area contributed by atoms with Gasteiger partial charge in [-0.3, -0.25) is 9.78 Å². The predicted octanol–water partition coefficient (Wildman–Crippen LogP) is 2.56. The molecule has 0 saturated carbocycles. The van der Waals surface area contributed by atoms with E-state index in [0.29, 0.717) is 18.7 Å². The standard InChI is InChI=1S/C22H20N4O2/c27-21-14-25(22(28)16-7-10-26-18(12-16)6-9-24-26)13-17(21)11-15-5-8-23-20-4-2-1-3-19(15)20/h1-10,12,17,21,27H,11,13-14H2/t17-,21+/m1/s1. The molecular weight excluding hydrogens is 352 g/mol. The Hall–Kier alpha value is -3.25. The number of aromatic nitrogens is 3.